The van der Waals surface area contributed by atoms with E-state index in [0.717, 1.165) is 37.4 Å². The van der Waals surface area contributed by atoms with Crippen LogP contribution < -0.4 is 15.4 Å². The number of carbonyl (C=O) groups excluding carboxylic acids is 1. The lowest BCUT2D eigenvalue weighted by Crippen LogP contribution is -2.33. The molecule has 1 amide bonds. The zero-order valence-corrected chi connectivity index (χ0v) is 12.9. The summed E-state index contributed by atoms with van der Waals surface area (Å²) in [5.41, 5.74) is 1.02. The lowest BCUT2D eigenvalue weighted by Gasteiger charge is -2.22. The number of ether oxygens (including phenoxy) is 1. The highest BCUT2D eigenvalue weighted by atomic mass is 16.5. The minimum Gasteiger partial charge on any atom is -0.494 e. The van der Waals surface area contributed by atoms with E-state index in [1.54, 1.807) is 0 Å². The lowest BCUT2D eigenvalue weighted by molar-refractivity contribution is -0.120. The molecular weight excluding hydrogens is 264 g/mol. The topological polar surface area (TPSA) is 50.4 Å². The van der Waals surface area contributed by atoms with Gasteiger partial charge >= 0.3 is 0 Å². The molecule has 0 aliphatic carbocycles. The molecule has 21 heavy (non-hydrogen) atoms. The maximum absolute atomic E-state index is 11.9. The van der Waals surface area contributed by atoms with Gasteiger partial charge in [-0.15, -0.1) is 0 Å². The number of hydrogen-bond donors (Lipinski definition) is 2. The van der Waals surface area contributed by atoms with Gasteiger partial charge in [0.1, 0.15) is 5.75 Å². The van der Waals surface area contributed by atoms with Crippen LogP contribution in [-0.2, 0) is 11.2 Å². The average Bonchev–Trinajstić information content (AvgIpc) is 2.51. The van der Waals surface area contributed by atoms with Gasteiger partial charge in [0.05, 0.1) is 13.0 Å². The van der Waals surface area contributed by atoms with E-state index in [4.69, 9.17) is 4.74 Å². The summed E-state index contributed by atoms with van der Waals surface area (Å²) < 4.78 is 5.39. The Hall–Kier alpha value is -1.55. The molecule has 1 fully saturated rings. The molecule has 1 aromatic carbocycles. The molecule has 4 nitrogen and oxygen atoms in total. The van der Waals surface area contributed by atoms with Gasteiger partial charge in [-0.05, 0) is 62.9 Å². The van der Waals surface area contributed by atoms with Crippen molar-refractivity contribution in [3.05, 3.63) is 29.8 Å². The highest BCUT2D eigenvalue weighted by molar-refractivity contribution is 5.78. The Morgan fingerprint density at radius 1 is 1.38 bits per heavy atom. The number of rotatable bonds is 7. The smallest absolute Gasteiger partial charge is 0.224 e. The molecule has 1 aliphatic heterocycles. The van der Waals surface area contributed by atoms with Crippen molar-refractivity contribution in [2.45, 2.75) is 32.6 Å². The number of piperidine rings is 1. The van der Waals surface area contributed by atoms with Gasteiger partial charge in [0.2, 0.25) is 5.91 Å². The molecule has 1 aromatic rings. The first kappa shape index (κ1) is 15.8. The van der Waals surface area contributed by atoms with Crippen LogP contribution in [0.2, 0.25) is 0 Å². The molecule has 2 rings (SSSR count). The normalized spacial score (nSPS) is 18.2. The molecule has 1 unspecified atom stereocenters. The van der Waals surface area contributed by atoms with E-state index in [2.05, 4.69) is 10.6 Å². The molecule has 4 heteroatoms. The summed E-state index contributed by atoms with van der Waals surface area (Å²) in [6.45, 7) is 5.64. The van der Waals surface area contributed by atoms with Crippen LogP contribution in [0.1, 0.15) is 31.7 Å². The van der Waals surface area contributed by atoms with Crippen LogP contribution in [0.25, 0.3) is 0 Å². The number of hydrogen-bond acceptors (Lipinski definition) is 3. The van der Waals surface area contributed by atoms with Crippen LogP contribution in [0.15, 0.2) is 24.3 Å². The van der Waals surface area contributed by atoms with Crippen molar-refractivity contribution in [1.29, 1.82) is 0 Å². The minimum atomic E-state index is 0.0999. The summed E-state index contributed by atoms with van der Waals surface area (Å²) in [7, 11) is 0. The van der Waals surface area contributed by atoms with E-state index >= 15 is 0 Å². The summed E-state index contributed by atoms with van der Waals surface area (Å²) in [5, 5.41) is 6.42. The molecule has 0 saturated carbocycles. The first-order chi connectivity index (χ1) is 10.3. The fourth-order valence-corrected chi connectivity index (χ4v) is 2.70. The first-order valence-corrected chi connectivity index (χ1v) is 7.97. The average molecular weight is 290 g/mol. The number of carbonyl (C=O) groups is 1. The summed E-state index contributed by atoms with van der Waals surface area (Å²) in [5.74, 6) is 1.67. The summed E-state index contributed by atoms with van der Waals surface area (Å²) in [6.07, 6.45) is 4.05. The van der Waals surface area contributed by atoms with Crippen LogP contribution in [-0.4, -0.2) is 32.1 Å². The van der Waals surface area contributed by atoms with Crippen LogP contribution in [0, 0.1) is 5.92 Å². The minimum absolute atomic E-state index is 0.0999. The second-order valence-corrected chi connectivity index (χ2v) is 5.60. The second-order valence-electron chi connectivity index (χ2n) is 5.60. The zero-order valence-electron chi connectivity index (χ0n) is 12.9. The van der Waals surface area contributed by atoms with Crippen molar-refractivity contribution in [2.75, 3.05) is 26.2 Å². The third kappa shape index (κ3) is 5.76. The monoisotopic (exact) mass is 290 g/mol. The lowest BCUT2D eigenvalue weighted by atomic mass is 9.96. The number of amides is 1. The van der Waals surface area contributed by atoms with Crippen LogP contribution in [0.4, 0.5) is 0 Å². The molecule has 1 heterocycles. The Balaban J connectivity index is 1.66. The third-order valence-corrected chi connectivity index (χ3v) is 3.87. The number of benzene rings is 1. The summed E-state index contributed by atoms with van der Waals surface area (Å²) >= 11 is 0. The van der Waals surface area contributed by atoms with Crippen LogP contribution >= 0.6 is 0 Å². The molecule has 0 spiro atoms. The Bertz CT molecular complexity index is 425. The molecule has 1 atom stereocenters. The molecule has 116 valence electrons. The van der Waals surface area contributed by atoms with Crippen molar-refractivity contribution < 1.29 is 9.53 Å². The second kappa shape index (κ2) is 8.67. The van der Waals surface area contributed by atoms with Gasteiger partial charge in [-0.3, -0.25) is 4.79 Å². The van der Waals surface area contributed by atoms with Gasteiger partial charge in [-0.1, -0.05) is 12.1 Å². The Morgan fingerprint density at radius 3 is 2.86 bits per heavy atom. The Labute approximate surface area is 127 Å². The first-order valence-electron chi connectivity index (χ1n) is 7.97. The Morgan fingerprint density at radius 2 is 2.19 bits per heavy atom. The quantitative estimate of drug-likeness (QED) is 0.809. The maximum Gasteiger partial charge on any atom is 0.224 e. The largest absolute Gasteiger partial charge is 0.494 e. The van der Waals surface area contributed by atoms with E-state index in [-0.39, 0.29) is 5.91 Å². The molecular formula is C17H26N2O2. The van der Waals surface area contributed by atoms with Gasteiger partial charge < -0.3 is 15.4 Å². The van der Waals surface area contributed by atoms with Crippen molar-refractivity contribution >= 4 is 5.91 Å². The van der Waals surface area contributed by atoms with Crippen LogP contribution in [0.5, 0.6) is 5.75 Å². The molecule has 0 aromatic heterocycles. The zero-order chi connectivity index (χ0) is 14.9. The van der Waals surface area contributed by atoms with E-state index in [9.17, 15) is 4.79 Å². The molecule has 1 aliphatic rings. The fourth-order valence-electron chi connectivity index (χ4n) is 2.70. The molecule has 0 radical (unpaired) electrons. The standard InChI is InChI=1S/C17H26N2O2/c1-2-21-16-7-5-14(6-8-16)12-17(20)19-11-9-15-4-3-10-18-13-15/h5-8,15,18H,2-4,9-13H2,1H3,(H,19,20). The predicted octanol–water partition coefficient (Wildman–Crippen LogP) is 2.13. The van der Waals surface area contributed by atoms with Crippen molar-refractivity contribution in [1.82, 2.24) is 10.6 Å². The predicted molar refractivity (Wildman–Crippen MR) is 84.5 cm³/mol. The molecule has 2 N–H and O–H groups in total. The SMILES string of the molecule is CCOc1ccc(CC(=O)NCCC2CCCNC2)cc1. The third-order valence-electron chi connectivity index (χ3n) is 3.87. The van der Waals surface area contributed by atoms with Gasteiger partial charge in [-0.25, -0.2) is 0 Å². The van der Waals surface area contributed by atoms with Gasteiger partial charge in [-0.2, -0.15) is 0 Å². The fraction of sp³-hybridized carbons (Fsp3) is 0.588. The van der Waals surface area contributed by atoms with E-state index in [1.165, 1.54) is 12.8 Å². The van der Waals surface area contributed by atoms with Crippen molar-refractivity contribution in [2.24, 2.45) is 5.92 Å². The van der Waals surface area contributed by atoms with Gasteiger partial charge in [0.25, 0.3) is 0 Å². The summed E-state index contributed by atoms with van der Waals surface area (Å²) in [6, 6.07) is 7.74. The van der Waals surface area contributed by atoms with Crippen molar-refractivity contribution in [3.63, 3.8) is 0 Å². The molecule has 1 saturated heterocycles. The highest BCUT2D eigenvalue weighted by Crippen LogP contribution is 2.14. The van der Waals surface area contributed by atoms with E-state index < -0.39 is 0 Å². The van der Waals surface area contributed by atoms with Crippen molar-refractivity contribution in [3.8, 4) is 5.75 Å². The Kier molecular flexibility index (Phi) is 6.54. The van der Waals surface area contributed by atoms with Gasteiger partial charge in [0.15, 0.2) is 0 Å². The maximum atomic E-state index is 11.9. The van der Waals surface area contributed by atoms with E-state index in [0.29, 0.717) is 18.9 Å². The number of nitrogens with one attached hydrogen (secondary N) is 2. The molecule has 0 bridgehead atoms. The highest BCUT2D eigenvalue weighted by Gasteiger charge is 2.12. The summed E-state index contributed by atoms with van der Waals surface area (Å²) in [4.78, 5) is 11.9. The van der Waals surface area contributed by atoms with Gasteiger partial charge in [0, 0.05) is 6.54 Å². The van der Waals surface area contributed by atoms with Crippen LogP contribution in [0.3, 0.4) is 0 Å². The van der Waals surface area contributed by atoms with E-state index in [1.807, 2.05) is 31.2 Å².